The normalized spacial score (nSPS) is 37.1. The van der Waals surface area contributed by atoms with E-state index in [1.165, 1.54) is 10.9 Å². The summed E-state index contributed by atoms with van der Waals surface area (Å²) in [6, 6.07) is 0. The molecule has 2 aliphatic heterocycles. The first-order chi connectivity index (χ1) is 10.9. The summed E-state index contributed by atoms with van der Waals surface area (Å²) in [5, 5.41) is 10.4. The summed E-state index contributed by atoms with van der Waals surface area (Å²) in [5.41, 5.74) is 5.12. The predicted octanol–water partition coefficient (Wildman–Crippen LogP) is -1.52. The van der Waals surface area contributed by atoms with Gasteiger partial charge in [0.25, 0.3) is 5.56 Å². The summed E-state index contributed by atoms with van der Waals surface area (Å²) in [4.78, 5) is 31.3. The molecule has 2 aromatic rings. The number of phosphoric ester groups is 1. The second kappa shape index (κ2) is 4.84. The molecule has 0 amide bonds. The number of hydrogen-bond donors (Lipinski definition) is 4. The van der Waals surface area contributed by atoms with Crippen LogP contribution in [0.15, 0.2) is 11.1 Å². The predicted molar refractivity (Wildman–Crippen MR) is 73.1 cm³/mol. The lowest BCUT2D eigenvalue weighted by Crippen LogP contribution is -2.39. The number of ether oxygens (including phenoxy) is 1. The van der Waals surface area contributed by atoms with E-state index in [-0.39, 0.29) is 23.7 Å². The third-order valence-corrected chi connectivity index (χ3v) is 4.68. The molecule has 0 bridgehead atoms. The zero-order valence-corrected chi connectivity index (χ0v) is 12.3. The molecule has 5 atom stereocenters. The minimum Gasteiger partial charge on any atom is -0.386 e. The van der Waals surface area contributed by atoms with Crippen molar-refractivity contribution in [2.45, 2.75) is 24.5 Å². The smallest absolute Gasteiger partial charge is 0.386 e. The maximum Gasteiger partial charge on any atom is 0.472 e. The van der Waals surface area contributed by atoms with Gasteiger partial charge in [0.1, 0.15) is 18.3 Å². The Morgan fingerprint density at radius 3 is 3.09 bits per heavy atom. The van der Waals surface area contributed by atoms with E-state index in [1.807, 2.05) is 0 Å². The highest BCUT2D eigenvalue weighted by atomic mass is 31.2. The van der Waals surface area contributed by atoms with E-state index < -0.39 is 37.9 Å². The fraction of sp³-hybridized carbons (Fsp3) is 0.500. The van der Waals surface area contributed by atoms with Crippen LogP contribution in [0.3, 0.4) is 0 Å². The SMILES string of the molecule is Nc1nc2c(ncn2C2O[C@@H]3COP(=O)(O)OC3C2O)c(=O)[nH]1. The number of nitrogens with two attached hydrogens (primary N) is 1. The van der Waals surface area contributed by atoms with Crippen LogP contribution in [0.25, 0.3) is 11.2 Å². The van der Waals surface area contributed by atoms with Crippen LogP contribution in [0.5, 0.6) is 0 Å². The minimum absolute atomic E-state index is 0.0230. The van der Waals surface area contributed by atoms with Crippen LogP contribution in [0, 0.1) is 0 Å². The van der Waals surface area contributed by atoms with Crippen LogP contribution in [0.1, 0.15) is 6.23 Å². The lowest BCUT2D eigenvalue weighted by atomic mass is 10.1. The Kier molecular flexibility index (Phi) is 3.10. The van der Waals surface area contributed by atoms with Gasteiger partial charge < -0.3 is 20.5 Å². The fourth-order valence-electron chi connectivity index (χ4n) is 2.69. The van der Waals surface area contributed by atoms with Crippen molar-refractivity contribution in [3.8, 4) is 0 Å². The van der Waals surface area contributed by atoms with Gasteiger partial charge in [-0.05, 0) is 0 Å². The van der Waals surface area contributed by atoms with Crippen molar-refractivity contribution in [1.82, 2.24) is 19.5 Å². The first kappa shape index (κ1) is 14.8. The summed E-state index contributed by atoms with van der Waals surface area (Å²) in [6.45, 7) is -0.214. The largest absolute Gasteiger partial charge is 0.472 e. The first-order valence-corrected chi connectivity index (χ1v) is 8.07. The number of aliphatic hydroxyl groups excluding tert-OH is 1. The Bertz CT molecular complexity index is 880. The Morgan fingerprint density at radius 1 is 1.52 bits per heavy atom. The van der Waals surface area contributed by atoms with Crippen LogP contribution in [0.4, 0.5) is 5.95 Å². The third-order valence-electron chi connectivity index (χ3n) is 3.69. The summed E-state index contributed by atoms with van der Waals surface area (Å²) < 4.78 is 27.9. The molecule has 0 aromatic carbocycles. The Balaban J connectivity index is 1.75. The molecule has 124 valence electrons. The molecule has 0 saturated carbocycles. The first-order valence-electron chi connectivity index (χ1n) is 6.57. The van der Waals surface area contributed by atoms with Crippen molar-refractivity contribution in [3.05, 3.63) is 16.7 Å². The Labute approximate surface area is 127 Å². The second-order valence-corrected chi connectivity index (χ2v) is 6.57. The number of fused-ring (bicyclic) bond motifs is 2. The fourth-order valence-corrected chi connectivity index (χ4v) is 3.66. The highest BCUT2D eigenvalue weighted by Crippen LogP contribution is 2.52. The Hall–Kier alpha value is -1.82. The lowest BCUT2D eigenvalue weighted by Gasteiger charge is -2.27. The molecule has 0 aliphatic carbocycles. The molecule has 2 saturated heterocycles. The van der Waals surface area contributed by atoms with Gasteiger partial charge in [0.05, 0.1) is 12.9 Å². The van der Waals surface area contributed by atoms with Crippen molar-refractivity contribution in [2.75, 3.05) is 12.3 Å². The maximum atomic E-state index is 11.8. The van der Waals surface area contributed by atoms with Gasteiger partial charge in [-0.25, -0.2) is 9.55 Å². The maximum absolute atomic E-state index is 11.8. The number of nitrogen functional groups attached to an aromatic ring is 1. The molecule has 4 rings (SSSR count). The van der Waals surface area contributed by atoms with Gasteiger partial charge in [0, 0.05) is 0 Å². The molecule has 23 heavy (non-hydrogen) atoms. The summed E-state index contributed by atoms with van der Waals surface area (Å²) in [5.74, 6) is -0.117. The molecule has 4 heterocycles. The number of aromatic amines is 1. The van der Waals surface area contributed by atoms with Gasteiger partial charge in [-0.15, -0.1) is 0 Å². The molecule has 2 aliphatic rings. The minimum atomic E-state index is -4.22. The highest BCUT2D eigenvalue weighted by Gasteiger charge is 2.52. The topological polar surface area (TPSA) is 175 Å². The molecule has 0 spiro atoms. The zero-order valence-electron chi connectivity index (χ0n) is 11.4. The van der Waals surface area contributed by atoms with Crippen molar-refractivity contribution in [3.63, 3.8) is 0 Å². The van der Waals surface area contributed by atoms with Gasteiger partial charge in [-0.1, -0.05) is 0 Å². The monoisotopic (exact) mass is 345 g/mol. The number of rotatable bonds is 1. The molecule has 12 nitrogen and oxygen atoms in total. The van der Waals surface area contributed by atoms with E-state index in [0.717, 1.165) is 0 Å². The number of nitrogens with zero attached hydrogens (tertiary/aromatic N) is 3. The van der Waals surface area contributed by atoms with Gasteiger partial charge in [-0.2, -0.15) is 4.98 Å². The van der Waals surface area contributed by atoms with E-state index in [9.17, 15) is 19.4 Å². The van der Waals surface area contributed by atoms with Crippen LogP contribution in [-0.2, 0) is 18.3 Å². The van der Waals surface area contributed by atoms with Crippen LogP contribution < -0.4 is 11.3 Å². The molecule has 13 heteroatoms. The van der Waals surface area contributed by atoms with Crippen molar-refractivity contribution in [2.24, 2.45) is 0 Å². The van der Waals surface area contributed by atoms with E-state index >= 15 is 0 Å². The van der Waals surface area contributed by atoms with Gasteiger partial charge >= 0.3 is 7.82 Å². The van der Waals surface area contributed by atoms with Crippen molar-refractivity contribution < 1.29 is 28.3 Å². The van der Waals surface area contributed by atoms with E-state index in [4.69, 9.17) is 15.0 Å². The summed E-state index contributed by atoms with van der Waals surface area (Å²) in [7, 11) is -4.22. The highest BCUT2D eigenvalue weighted by molar-refractivity contribution is 7.47. The number of imidazole rings is 1. The van der Waals surface area contributed by atoms with E-state index in [1.54, 1.807) is 0 Å². The summed E-state index contributed by atoms with van der Waals surface area (Å²) in [6.07, 6.45) is -2.85. The Morgan fingerprint density at radius 2 is 2.30 bits per heavy atom. The summed E-state index contributed by atoms with van der Waals surface area (Å²) >= 11 is 0. The number of phosphoric acid groups is 1. The molecule has 2 aromatic heterocycles. The number of aromatic nitrogens is 4. The number of H-pyrrole nitrogens is 1. The van der Waals surface area contributed by atoms with Gasteiger partial charge in [0.2, 0.25) is 5.95 Å². The second-order valence-electron chi connectivity index (χ2n) is 5.17. The third kappa shape index (κ3) is 2.27. The molecule has 4 unspecified atom stereocenters. The molecular weight excluding hydrogens is 333 g/mol. The number of nitrogens with one attached hydrogen (secondary N) is 1. The van der Waals surface area contributed by atoms with Gasteiger partial charge in [-0.3, -0.25) is 23.4 Å². The average Bonchev–Trinajstić information content (AvgIpc) is 3.00. The molecule has 0 radical (unpaired) electrons. The standard InChI is InChI=1S/C10H12N5O7P/c11-10-13-7-4(8(17)14-10)12-2-15(7)9-5(16)6-3(21-9)1-20-23(18,19)22-6/h2-3,5-6,9,16H,1H2,(H,18,19)(H3,11,13,14,17)/t3-,5?,6?,9?/m1/s1. The van der Waals surface area contributed by atoms with Crippen LogP contribution in [0.2, 0.25) is 0 Å². The molecule has 5 N–H and O–H groups in total. The van der Waals surface area contributed by atoms with Crippen molar-refractivity contribution >= 4 is 24.9 Å². The average molecular weight is 345 g/mol. The van der Waals surface area contributed by atoms with Gasteiger partial charge in [0.15, 0.2) is 17.4 Å². The molecular formula is C10H12N5O7P. The number of anilines is 1. The van der Waals surface area contributed by atoms with Crippen LogP contribution >= 0.6 is 7.82 Å². The van der Waals surface area contributed by atoms with Crippen LogP contribution in [-0.4, -0.2) is 54.4 Å². The van der Waals surface area contributed by atoms with Crippen molar-refractivity contribution in [1.29, 1.82) is 0 Å². The van der Waals surface area contributed by atoms with E-state index in [0.29, 0.717) is 0 Å². The number of aliphatic hydroxyl groups is 1. The lowest BCUT2D eigenvalue weighted by molar-refractivity contribution is -0.0664. The zero-order chi connectivity index (χ0) is 16.4. The number of hydrogen-bond acceptors (Lipinski definition) is 9. The molecule has 2 fully saturated rings. The van der Waals surface area contributed by atoms with E-state index in [2.05, 4.69) is 19.5 Å². The quantitative estimate of drug-likeness (QED) is 0.444.